The number of carbonyl (C=O) groups excluding carboxylic acids is 1. The van der Waals surface area contributed by atoms with Crippen LogP contribution in [0, 0.1) is 6.92 Å². The number of nitrogens with one attached hydrogen (secondary N) is 1. The molecule has 5 heteroatoms. The van der Waals surface area contributed by atoms with Crippen LogP contribution in [0.25, 0.3) is 0 Å². The maximum atomic E-state index is 12.0. The Morgan fingerprint density at radius 1 is 1.06 bits per heavy atom. The van der Waals surface area contributed by atoms with Gasteiger partial charge in [0.15, 0.2) is 0 Å². The van der Waals surface area contributed by atoms with Crippen LogP contribution in [0.1, 0.15) is 52.4 Å². The van der Waals surface area contributed by atoms with Crippen molar-refractivity contribution in [2.24, 2.45) is 4.99 Å². The summed E-state index contributed by atoms with van der Waals surface area (Å²) in [6, 6.07) is 22.0. The Bertz CT molecular complexity index is 1210. The van der Waals surface area contributed by atoms with Crippen LogP contribution in [0.4, 0.5) is 0 Å². The van der Waals surface area contributed by atoms with Gasteiger partial charge in [-0.3, -0.25) is 4.99 Å². The maximum Gasteiger partial charge on any atom is 0.338 e. The van der Waals surface area contributed by atoms with Crippen LogP contribution in [-0.4, -0.2) is 25.0 Å². The molecule has 0 spiro atoms. The highest BCUT2D eigenvalue weighted by molar-refractivity contribution is 6.04. The first-order valence-electron chi connectivity index (χ1n) is 11.5. The summed E-state index contributed by atoms with van der Waals surface area (Å²) in [6.45, 7) is 5.00. The Hall–Kier alpha value is -3.60. The van der Waals surface area contributed by atoms with E-state index in [2.05, 4.69) is 24.4 Å². The Labute approximate surface area is 194 Å². The summed E-state index contributed by atoms with van der Waals surface area (Å²) in [5.41, 5.74) is 5.00. The molecular formula is C28H28N2O3. The molecule has 0 amide bonds. The van der Waals surface area contributed by atoms with Crippen LogP contribution in [-0.2, 0) is 16.7 Å². The predicted octanol–water partition coefficient (Wildman–Crippen LogP) is 5.55. The van der Waals surface area contributed by atoms with E-state index in [4.69, 9.17) is 14.5 Å². The molecule has 0 saturated heterocycles. The first kappa shape index (κ1) is 21.3. The molecule has 3 aromatic rings. The first-order chi connectivity index (χ1) is 16.1. The average molecular weight is 441 g/mol. The van der Waals surface area contributed by atoms with Crippen LogP contribution in [0.15, 0.2) is 71.7 Å². The molecular weight excluding hydrogens is 412 g/mol. The summed E-state index contributed by atoms with van der Waals surface area (Å²) in [5.74, 6) is 2.23. The number of aliphatic imine (C=N–C) groups is 1. The lowest BCUT2D eigenvalue weighted by molar-refractivity contribution is 0.0526. The Kier molecular flexibility index (Phi) is 5.63. The molecule has 0 bridgehead atoms. The van der Waals surface area contributed by atoms with Gasteiger partial charge in [0.1, 0.15) is 17.3 Å². The van der Waals surface area contributed by atoms with Crippen LogP contribution in [0.2, 0.25) is 0 Å². The monoisotopic (exact) mass is 440 g/mol. The number of esters is 1. The highest BCUT2D eigenvalue weighted by atomic mass is 16.5. The predicted molar refractivity (Wildman–Crippen MR) is 129 cm³/mol. The molecule has 3 aromatic carbocycles. The van der Waals surface area contributed by atoms with Crippen molar-refractivity contribution < 1.29 is 14.3 Å². The minimum atomic E-state index is -0.287. The van der Waals surface area contributed by atoms with Gasteiger partial charge in [0.2, 0.25) is 0 Å². The van der Waals surface area contributed by atoms with Crippen molar-refractivity contribution in [3.05, 3.63) is 94.5 Å². The van der Waals surface area contributed by atoms with Crippen molar-refractivity contribution in [3.8, 4) is 11.5 Å². The Morgan fingerprint density at radius 3 is 2.58 bits per heavy atom. The Morgan fingerprint density at radius 2 is 1.85 bits per heavy atom. The van der Waals surface area contributed by atoms with E-state index in [-0.39, 0.29) is 11.5 Å². The van der Waals surface area contributed by atoms with Gasteiger partial charge < -0.3 is 14.8 Å². The third-order valence-electron chi connectivity index (χ3n) is 6.27. The molecule has 2 aliphatic rings. The molecule has 0 unspecified atom stereocenters. The molecule has 1 aliphatic heterocycles. The van der Waals surface area contributed by atoms with E-state index in [9.17, 15) is 4.79 Å². The minimum absolute atomic E-state index is 0.170. The van der Waals surface area contributed by atoms with E-state index in [1.54, 1.807) is 0 Å². The number of hydrogen-bond acceptors (Lipinski definition) is 5. The number of aryl methyl sites for hydroxylation is 1. The Balaban J connectivity index is 1.41. The maximum absolute atomic E-state index is 12.0. The van der Waals surface area contributed by atoms with E-state index < -0.39 is 0 Å². The second kappa shape index (κ2) is 8.74. The fourth-order valence-corrected chi connectivity index (χ4v) is 4.39. The molecule has 168 valence electrons. The fourth-order valence-electron chi connectivity index (χ4n) is 4.39. The summed E-state index contributed by atoms with van der Waals surface area (Å²) in [4.78, 5) is 16.9. The van der Waals surface area contributed by atoms with Crippen molar-refractivity contribution in [2.45, 2.75) is 38.6 Å². The van der Waals surface area contributed by atoms with Crippen molar-refractivity contribution >= 4 is 11.8 Å². The molecule has 1 saturated carbocycles. The number of nitrogens with zero attached hydrogens (tertiary/aromatic N) is 1. The summed E-state index contributed by atoms with van der Waals surface area (Å²) in [5, 5.41) is 3.74. The summed E-state index contributed by atoms with van der Waals surface area (Å²) >= 11 is 0. The lowest BCUT2D eigenvalue weighted by atomic mass is 9.97. The number of amidine groups is 1. The summed E-state index contributed by atoms with van der Waals surface area (Å²) in [7, 11) is 0. The van der Waals surface area contributed by atoms with Crippen molar-refractivity contribution in [1.82, 2.24) is 5.32 Å². The van der Waals surface area contributed by atoms with Crippen molar-refractivity contribution in [2.75, 3.05) is 13.2 Å². The SMILES string of the molecule is CCOC(=O)c1ccc(C2(NC3=NCCc4cccc(Oc5cccc(C)c5)c43)CC2)cc1. The molecule has 0 aromatic heterocycles. The van der Waals surface area contributed by atoms with E-state index >= 15 is 0 Å². The van der Waals surface area contributed by atoms with Gasteiger partial charge in [-0.1, -0.05) is 36.4 Å². The van der Waals surface area contributed by atoms with Crippen LogP contribution < -0.4 is 10.1 Å². The fraction of sp³-hybridized carbons (Fsp3) is 0.286. The highest BCUT2D eigenvalue weighted by Crippen LogP contribution is 2.46. The van der Waals surface area contributed by atoms with Crippen LogP contribution in [0.3, 0.4) is 0 Å². The molecule has 1 heterocycles. The third-order valence-corrected chi connectivity index (χ3v) is 6.27. The highest BCUT2D eigenvalue weighted by Gasteiger charge is 2.46. The lowest BCUT2D eigenvalue weighted by Crippen LogP contribution is -2.37. The third kappa shape index (κ3) is 4.36. The molecule has 33 heavy (non-hydrogen) atoms. The standard InChI is InChI=1S/C28H28N2O3/c1-3-32-27(31)21-10-12-22(13-11-21)28(15-16-28)30-26-25-20(14-17-29-26)7-5-9-24(25)33-23-8-4-6-19(2)18-23/h4-13,18H,3,14-17H2,1-2H3,(H,29,30). The number of ether oxygens (including phenoxy) is 2. The normalized spacial score (nSPS) is 15.8. The van der Waals surface area contributed by atoms with Gasteiger partial charge in [0.05, 0.1) is 23.3 Å². The van der Waals surface area contributed by atoms with E-state index in [0.717, 1.165) is 59.8 Å². The van der Waals surface area contributed by atoms with Crippen LogP contribution >= 0.6 is 0 Å². The molecule has 1 N–H and O–H groups in total. The van der Waals surface area contributed by atoms with Gasteiger partial charge in [0.25, 0.3) is 0 Å². The molecule has 5 rings (SSSR count). The van der Waals surface area contributed by atoms with Gasteiger partial charge in [-0.15, -0.1) is 0 Å². The second-order valence-electron chi connectivity index (χ2n) is 8.69. The molecule has 1 fully saturated rings. The number of hydrogen-bond donors (Lipinski definition) is 1. The second-order valence-corrected chi connectivity index (χ2v) is 8.69. The largest absolute Gasteiger partial charge is 0.462 e. The topological polar surface area (TPSA) is 59.9 Å². The van der Waals surface area contributed by atoms with E-state index in [1.165, 1.54) is 5.56 Å². The van der Waals surface area contributed by atoms with Gasteiger partial charge in [0, 0.05) is 6.54 Å². The van der Waals surface area contributed by atoms with Crippen molar-refractivity contribution in [3.63, 3.8) is 0 Å². The number of rotatable bonds is 6. The zero-order valence-electron chi connectivity index (χ0n) is 19.1. The van der Waals surface area contributed by atoms with Crippen molar-refractivity contribution in [1.29, 1.82) is 0 Å². The van der Waals surface area contributed by atoms with Gasteiger partial charge in [-0.2, -0.15) is 0 Å². The summed E-state index contributed by atoms with van der Waals surface area (Å²) < 4.78 is 11.4. The van der Waals surface area contributed by atoms with E-state index in [1.807, 2.05) is 61.5 Å². The number of fused-ring (bicyclic) bond motifs is 1. The van der Waals surface area contributed by atoms with Crippen LogP contribution in [0.5, 0.6) is 11.5 Å². The van der Waals surface area contributed by atoms with E-state index in [0.29, 0.717) is 12.2 Å². The zero-order valence-corrected chi connectivity index (χ0v) is 19.1. The molecule has 5 nitrogen and oxygen atoms in total. The number of benzene rings is 3. The van der Waals surface area contributed by atoms with Gasteiger partial charge in [-0.25, -0.2) is 4.79 Å². The molecule has 0 atom stereocenters. The minimum Gasteiger partial charge on any atom is -0.462 e. The smallest absolute Gasteiger partial charge is 0.338 e. The van der Waals surface area contributed by atoms with Gasteiger partial charge in [-0.05, 0) is 80.1 Å². The first-order valence-corrected chi connectivity index (χ1v) is 11.5. The quantitative estimate of drug-likeness (QED) is 0.511. The lowest BCUT2D eigenvalue weighted by Gasteiger charge is -2.26. The number of carbonyl (C=O) groups is 1. The molecule has 1 aliphatic carbocycles. The summed E-state index contributed by atoms with van der Waals surface area (Å²) in [6.07, 6.45) is 2.93. The molecule has 0 radical (unpaired) electrons. The zero-order chi connectivity index (χ0) is 22.8. The average Bonchev–Trinajstić information content (AvgIpc) is 3.60. The van der Waals surface area contributed by atoms with Gasteiger partial charge >= 0.3 is 5.97 Å².